The van der Waals surface area contributed by atoms with E-state index < -0.39 is 6.10 Å². The van der Waals surface area contributed by atoms with Crippen LogP contribution >= 0.6 is 0 Å². The van der Waals surface area contributed by atoms with Gasteiger partial charge < -0.3 is 14.2 Å². The first kappa shape index (κ1) is 60.6. The maximum atomic E-state index is 12.8. The first-order valence-electron chi connectivity index (χ1n) is 25.7. The highest BCUT2D eigenvalue weighted by atomic mass is 16.6. The lowest BCUT2D eigenvalue weighted by Crippen LogP contribution is -2.30. The van der Waals surface area contributed by atoms with Crippen LogP contribution < -0.4 is 0 Å². The SMILES string of the molecule is CC/C=C\C/C=C\C/C=C\C/C=C\C/C=C\C/C=C\CCC(=O)OC[C@H](COC(=O)CCC/C=C\C/C=C\C/C=C\C/C=C\C/C=C\CC)OC(=O)CCCCCCCCCCCCC. The van der Waals surface area contributed by atoms with Crippen molar-refractivity contribution in [2.45, 2.75) is 207 Å². The molecule has 0 aromatic carbocycles. The molecule has 0 aliphatic heterocycles. The Morgan fingerprint density at radius 3 is 1.02 bits per heavy atom. The van der Waals surface area contributed by atoms with Gasteiger partial charge in [-0.05, 0) is 96.3 Å². The Hall–Kier alpha value is -4.45. The molecule has 0 aromatic heterocycles. The summed E-state index contributed by atoms with van der Waals surface area (Å²) in [5.74, 6) is -1.08. The van der Waals surface area contributed by atoms with Crippen LogP contribution in [-0.4, -0.2) is 37.2 Å². The van der Waals surface area contributed by atoms with E-state index in [0.29, 0.717) is 19.3 Å². The van der Waals surface area contributed by atoms with Gasteiger partial charge in [-0.1, -0.05) is 219 Å². The van der Waals surface area contributed by atoms with Crippen LogP contribution in [0, 0.1) is 0 Å². The van der Waals surface area contributed by atoms with E-state index in [4.69, 9.17) is 14.2 Å². The zero-order valence-electron chi connectivity index (χ0n) is 41.4. The van der Waals surface area contributed by atoms with Crippen molar-refractivity contribution in [2.24, 2.45) is 0 Å². The van der Waals surface area contributed by atoms with E-state index in [1.54, 1.807) is 0 Å². The van der Waals surface area contributed by atoms with Crippen molar-refractivity contribution in [3.8, 4) is 0 Å². The Morgan fingerprint density at radius 1 is 0.323 bits per heavy atom. The molecule has 0 saturated heterocycles. The van der Waals surface area contributed by atoms with E-state index in [-0.39, 0.29) is 44.0 Å². The van der Waals surface area contributed by atoms with Crippen molar-refractivity contribution in [3.63, 3.8) is 0 Å². The zero-order valence-corrected chi connectivity index (χ0v) is 41.4. The molecule has 364 valence electrons. The predicted molar refractivity (Wildman–Crippen MR) is 279 cm³/mol. The highest BCUT2D eigenvalue weighted by Gasteiger charge is 2.19. The summed E-state index contributed by atoms with van der Waals surface area (Å²) >= 11 is 0. The van der Waals surface area contributed by atoms with Crippen LogP contribution in [0.1, 0.15) is 201 Å². The minimum Gasteiger partial charge on any atom is -0.462 e. The molecule has 0 spiro atoms. The van der Waals surface area contributed by atoms with E-state index in [9.17, 15) is 14.4 Å². The first-order chi connectivity index (χ1) is 32.0. The molecule has 65 heavy (non-hydrogen) atoms. The number of carbonyl (C=O) groups excluding carboxylic acids is 3. The summed E-state index contributed by atoms with van der Waals surface area (Å²) in [6, 6.07) is 0. The Labute approximate surface area is 398 Å². The summed E-state index contributed by atoms with van der Waals surface area (Å²) in [6.07, 6.45) is 73.1. The summed E-state index contributed by atoms with van der Waals surface area (Å²) in [7, 11) is 0. The number of carbonyl (C=O) groups is 3. The Kier molecular flexibility index (Phi) is 48.6. The second kappa shape index (κ2) is 52.2. The molecular formula is C59H92O6. The fourth-order valence-corrected chi connectivity index (χ4v) is 6.38. The molecule has 0 amide bonds. The second-order valence-electron chi connectivity index (χ2n) is 16.3. The monoisotopic (exact) mass is 897 g/mol. The van der Waals surface area contributed by atoms with Crippen molar-refractivity contribution < 1.29 is 28.6 Å². The summed E-state index contributed by atoms with van der Waals surface area (Å²) in [4.78, 5) is 37.9. The summed E-state index contributed by atoms with van der Waals surface area (Å²) in [5.41, 5.74) is 0. The molecule has 1 atom stereocenters. The van der Waals surface area contributed by atoms with Gasteiger partial charge in [0.2, 0.25) is 0 Å². The average Bonchev–Trinajstić information content (AvgIpc) is 3.30. The number of unbranched alkanes of at least 4 members (excludes halogenated alkanes) is 11. The van der Waals surface area contributed by atoms with E-state index >= 15 is 0 Å². The predicted octanol–water partition coefficient (Wildman–Crippen LogP) is 17.1. The molecule has 0 radical (unpaired) electrons. The van der Waals surface area contributed by atoms with E-state index in [2.05, 4.69) is 142 Å². The number of allylic oxidation sites excluding steroid dienone is 22. The van der Waals surface area contributed by atoms with Crippen molar-refractivity contribution in [1.29, 1.82) is 0 Å². The fourth-order valence-electron chi connectivity index (χ4n) is 6.38. The van der Waals surface area contributed by atoms with Gasteiger partial charge >= 0.3 is 17.9 Å². The van der Waals surface area contributed by atoms with Gasteiger partial charge in [-0.25, -0.2) is 0 Å². The standard InChI is InChI=1S/C59H92O6/c1-4-7-10-13-16-19-22-24-26-28-29-31-33-35-38-40-43-46-49-52-58(61)64-55-56(65-59(62)53-50-47-44-41-36-21-18-15-12-9-6-3)54-63-57(60)51-48-45-42-39-37-34-32-30-27-25-23-20-17-14-11-8-5-2/h7-8,10-11,16-17,19-20,24-27,29,31-32,34-35,38-39,42-43,46,56H,4-6,9,12-15,18,21-23,28,30,33,36-37,40-41,44-45,47-55H2,1-3H3/b10-7-,11-8-,19-16-,20-17-,26-24-,27-25-,31-29-,34-32-,38-35-,42-39-,46-43-/t56-/m0/s1. The Balaban J connectivity index is 4.58. The van der Waals surface area contributed by atoms with Crippen LogP contribution in [0.2, 0.25) is 0 Å². The smallest absolute Gasteiger partial charge is 0.306 e. The first-order valence-corrected chi connectivity index (χ1v) is 25.7. The maximum absolute atomic E-state index is 12.8. The molecule has 6 heteroatoms. The molecule has 0 unspecified atom stereocenters. The van der Waals surface area contributed by atoms with Gasteiger partial charge in [0.1, 0.15) is 13.2 Å². The molecular weight excluding hydrogens is 805 g/mol. The molecule has 0 rings (SSSR count). The molecule has 0 saturated carbocycles. The minimum absolute atomic E-state index is 0.134. The molecule has 0 fully saturated rings. The van der Waals surface area contributed by atoms with Gasteiger partial charge in [0.25, 0.3) is 0 Å². The van der Waals surface area contributed by atoms with Crippen LogP contribution in [0.3, 0.4) is 0 Å². The summed E-state index contributed by atoms with van der Waals surface area (Å²) in [5, 5.41) is 0. The quantitative estimate of drug-likeness (QED) is 0.0262. The van der Waals surface area contributed by atoms with Gasteiger partial charge in [0.15, 0.2) is 6.10 Å². The fraction of sp³-hybridized carbons (Fsp3) is 0.576. The number of rotatable bonds is 44. The lowest BCUT2D eigenvalue weighted by molar-refractivity contribution is -0.166. The molecule has 6 nitrogen and oxygen atoms in total. The Bertz CT molecular complexity index is 1450. The van der Waals surface area contributed by atoms with Crippen LogP contribution in [-0.2, 0) is 28.6 Å². The number of ether oxygens (including phenoxy) is 3. The molecule has 0 N–H and O–H groups in total. The van der Waals surface area contributed by atoms with Gasteiger partial charge in [-0.2, -0.15) is 0 Å². The van der Waals surface area contributed by atoms with E-state index in [1.807, 2.05) is 12.2 Å². The number of hydrogen-bond acceptors (Lipinski definition) is 6. The largest absolute Gasteiger partial charge is 0.462 e. The van der Waals surface area contributed by atoms with Crippen molar-refractivity contribution in [3.05, 3.63) is 134 Å². The third-order valence-corrected chi connectivity index (χ3v) is 10.2. The molecule has 0 bridgehead atoms. The Morgan fingerprint density at radius 2 is 0.631 bits per heavy atom. The molecule has 0 aliphatic rings. The second-order valence-corrected chi connectivity index (χ2v) is 16.3. The number of esters is 3. The van der Waals surface area contributed by atoms with Crippen LogP contribution in [0.25, 0.3) is 0 Å². The summed E-state index contributed by atoms with van der Waals surface area (Å²) in [6.45, 7) is 6.26. The van der Waals surface area contributed by atoms with Gasteiger partial charge in [0, 0.05) is 19.3 Å². The van der Waals surface area contributed by atoms with Crippen LogP contribution in [0.15, 0.2) is 134 Å². The molecule has 0 heterocycles. The minimum atomic E-state index is -0.833. The lowest BCUT2D eigenvalue weighted by Gasteiger charge is -2.18. The summed E-state index contributed by atoms with van der Waals surface area (Å²) < 4.78 is 16.7. The van der Waals surface area contributed by atoms with Crippen molar-refractivity contribution in [1.82, 2.24) is 0 Å². The topological polar surface area (TPSA) is 78.9 Å². The lowest BCUT2D eigenvalue weighted by atomic mass is 10.1. The normalized spacial score (nSPS) is 13.2. The van der Waals surface area contributed by atoms with E-state index in [1.165, 1.54) is 51.4 Å². The maximum Gasteiger partial charge on any atom is 0.306 e. The van der Waals surface area contributed by atoms with Gasteiger partial charge in [-0.3, -0.25) is 14.4 Å². The third kappa shape index (κ3) is 50.4. The van der Waals surface area contributed by atoms with E-state index in [0.717, 1.165) is 96.3 Å². The van der Waals surface area contributed by atoms with Crippen molar-refractivity contribution >= 4 is 17.9 Å². The van der Waals surface area contributed by atoms with Crippen molar-refractivity contribution in [2.75, 3.05) is 13.2 Å². The van der Waals surface area contributed by atoms with Gasteiger partial charge in [0.05, 0.1) is 0 Å². The van der Waals surface area contributed by atoms with Crippen LogP contribution in [0.5, 0.6) is 0 Å². The molecule has 0 aromatic rings. The highest BCUT2D eigenvalue weighted by molar-refractivity contribution is 5.71. The zero-order chi connectivity index (χ0) is 47.2. The van der Waals surface area contributed by atoms with Gasteiger partial charge in [-0.15, -0.1) is 0 Å². The number of hydrogen-bond donors (Lipinski definition) is 0. The highest BCUT2D eigenvalue weighted by Crippen LogP contribution is 2.13. The molecule has 0 aliphatic carbocycles. The van der Waals surface area contributed by atoms with Crippen LogP contribution in [0.4, 0.5) is 0 Å². The average molecular weight is 897 g/mol. The third-order valence-electron chi connectivity index (χ3n) is 10.2.